The second kappa shape index (κ2) is 6.08. The standard InChI is InChI=1S/C13H20N4O2/c1-13(2,12(15)17-19)7-8-16-10-5-3-9(4-6-10)11(14)18/h3-6,16,19H,7-8H2,1-2H3,(H2,14,18)(H2,15,17). The molecule has 1 amide bonds. The Labute approximate surface area is 112 Å². The summed E-state index contributed by atoms with van der Waals surface area (Å²) in [6.45, 7) is 4.47. The van der Waals surface area contributed by atoms with E-state index in [0.29, 0.717) is 18.5 Å². The first-order valence-electron chi connectivity index (χ1n) is 5.98. The number of hydrogen-bond acceptors (Lipinski definition) is 4. The number of hydrogen-bond donors (Lipinski definition) is 4. The van der Waals surface area contributed by atoms with Crippen LogP contribution in [0.25, 0.3) is 0 Å². The second-order valence-electron chi connectivity index (χ2n) is 4.99. The van der Waals surface area contributed by atoms with Crippen molar-refractivity contribution in [3.63, 3.8) is 0 Å². The number of amides is 1. The summed E-state index contributed by atoms with van der Waals surface area (Å²) < 4.78 is 0. The summed E-state index contributed by atoms with van der Waals surface area (Å²) in [7, 11) is 0. The molecule has 0 aliphatic rings. The van der Waals surface area contributed by atoms with Crippen molar-refractivity contribution in [2.24, 2.45) is 22.0 Å². The minimum absolute atomic E-state index is 0.207. The van der Waals surface area contributed by atoms with E-state index in [-0.39, 0.29) is 11.3 Å². The Morgan fingerprint density at radius 2 is 1.89 bits per heavy atom. The first kappa shape index (κ1) is 14.8. The summed E-state index contributed by atoms with van der Waals surface area (Å²) >= 11 is 0. The fourth-order valence-electron chi connectivity index (χ4n) is 1.54. The molecule has 1 aromatic rings. The normalized spacial score (nSPS) is 12.2. The average molecular weight is 264 g/mol. The maximum absolute atomic E-state index is 10.9. The van der Waals surface area contributed by atoms with E-state index in [4.69, 9.17) is 16.7 Å². The van der Waals surface area contributed by atoms with E-state index < -0.39 is 5.91 Å². The number of benzene rings is 1. The Hall–Kier alpha value is -2.24. The topological polar surface area (TPSA) is 114 Å². The molecule has 0 saturated carbocycles. The lowest BCUT2D eigenvalue weighted by Crippen LogP contribution is -2.33. The van der Waals surface area contributed by atoms with E-state index in [2.05, 4.69) is 10.5 Å². The van der Waals surface area contributed by atoms with Crippen LogP contribution in [-0.2, 0) is 0 Å². The van der Waals surface area contributed by atoms with Crippen LogP contribution >= 0.6 is 0 Å². The van der Waals surface area contributed by atoms with Crippen LogP contribution < -0.4 is 16.8 Å². The molecule has 1 rings (SSSR count). The van der Waals surface area contributed by atoms with Crippen molar-refractivity contribution in [2.45, 2.75) is 20.3 Å². The van der Waals surface area contributed by atoms with E-state index in [1.807, 2.05) is 13.8 Å². The quantitative estimate of drug-likeness (QED) is 0.269. The van der Waals surface area contributed by atoms with Gasteiger partial charge in [0.25, 0.3) is 0 Å². The van der Waals surface area contributed by atoms with Gasteiger partial charge in [0.2, 0.25) is 5.91 Å². The van der Waals surface area contributed by atoms with Gasteiger partial charge in [-0.3, -0.25) is 4.79 Å². The predicted octanol–water partition coefficient (Wildman–Crippen LogP) is 1.36. The zero-order valence-electron chi connectivity index (χ0n) is 11.2. The third kappa shape index (κ3) is 4.17. The van der Waals surface area contributed by atoms with Crippen molar-refractivity contribution in [3.8, 4) is 0 Å². The lowest BCUT2D eigenvalue weighted by atomic mass is 9.88. The Morgan fingerprint density at radius 3 is 2.37 bits per heavy atom. The van der Waals surface area contributed by atoms with Gasteiger partial charge in [0, 0.05) is 23.2 Å². The molecule has 0 bridgehead atoms. The van der Waals surface area contributed by atoms with Gasteiger partial charge in [0.1, 0.15) is 5.84 Å². The molecule has 1 aromatic carbocycles. The number of anilines is 1. The molecule has 0 spiro atoms. The average Bonchev–Trinajstić information content (AvgIpc) is 2.38. The van der Waals surface area contributed by atoms with Gasteiger partial charge in [-0.25, -0.2) is 0 Å². The minimum Gasteiger partial charge on any atom is -0.409 e. The molecule has 0 atom stereocenters. The first-order valence-corrected chi connectivity index (χ1v) is 5.98. The number of nitrogens with one attached hydrogen (secondary N) is 1. The molecule has 0 unspecified atom stereocenters. The van der Waals surface area contributed by atoms with Crippen LogP contribution in [0.5, 0.6) is 0 Å². The van der Waals surface area contributed by atoms with Crippen molar-refractivity contribution < 1.29 is 10.0 Å². The lowest BCUT2D eigenvalue weighted by Gasteiger charge is -2.23. The van der Waals surface area contributed by atoms with Gasteiger partial charge in [0.15, 0.2) is 0 Å². The van der Waals surface area contributed by atoms with Gasteiger partial charge >= 0.3 is 0 Å². The van der Waals surface area contributed by atoms with Crippen LogP contribution in [0.3, 0.4) is 0 Å². The Morgan fingerprint density at radius 1 is 1.32 bits per heavy atom. The van der Waals surface area contributed by atoms with Crippen molar-refractivity contribution in [3.05, 3.63) is 29.8 Å². The number of carbonyl (C=O) groups excluding carboxylic acids is 1. The molecule has 0 aromatic heterocycles. The smallest absolute Gasteiger partial charge is 0.248 e. The number of amidine groups is 1. The fraction of sp³-hybridized carbons (Fsp3) is 0.385. The molecule has 6 nitrogen and oxygen atoms in total. The van der Waals surface area contributed by atoms with Crippen LogP contribution in [0.15, 0.2) is 29.4 Å². The Balaban J connectivity index is 2.52. The summed E-state index contributed by atoms with van der Waals surface area (Å²) in [6.07, 6.45) is 0.709. The molecule has 0 heterocycles. The second-order valence-corrected chi connectivity index (χ2v) is 4.99. The maximum Gasteiger partial charge on any atom is 0.248 e. The summed E-state index contributed by atoms with van der Waals surface area (Å²) in [4.78, 5) is 10.9. The van der Waals surface area contributed by atoms with Crippen LogP contribution in [0.4, 0.5) is 5.69 Å². The molecule has 0 saturated heterocycles. The molecular weight excluding hydrogens is 244 g/mol. The van der Waals surface area contributed by atoms with Crippen molar-refractivity contribution >= 4 is 17.4 Å². The van der Waals surface area contributed by atoms with E-state index in [9.17, 15) is 4.79 Å². The third-order valence-corrected chi connectivity index (χ3v) is 3.05. The van der Waals surface area contributed by atoms with Gasteiger partial charge in [0.05, 0.1) is 0 Å². The van der Waals surface area contributed by atoms with Crippen LogP contribution in [0.1, 0.15) is 30.6 Å². The van der Waals surface area contributed by atoms with Gasteiger partial charge in [-0.05, 0) is 30.7 Å². The molecule has 6 N–H and O–H groups in total. The Kier molecular flexibility index (Phi) is 4.74. The van der Waals surface area contributed by atoms with Gasteiger partial charge in [-0.2, -0.15) is 0 Å². The van der Waals surface area contributed by atoms with E-state index in [1.54, 1.807) is 24.3 Å². The summed E-state index contributed by atoms with van der Waals surface area (Å²) in [6, 6.07) is 6.91. The van der Waals surface area contributed by atoms with E-state index in [0.717, 1.165) is 5.69 Å². The lowest BCUT2D eigenvalue weighted by molar-refractivity contribution is 0.100. The zero-order chi connectivity index (χ0) is 14.5. The van der Waals surface area contributed by atoms with Crippen molar-refractivity contribution in [2.75, 3.05) is 11.9 Å². The SMILES string of the molecule is CC(C)(CCNc1ccc(C(N)=O)cc1)C(N)=NO. The number of nitrogens with two attached hydrogens (primary N) is 2. The predicted molar refractivity (Wildman–Crippen MR) is 75.3 cm³/mol. The molecule has 6 heteroatoms. The largest absolute Gasteiger partial charge is 0.409 e. The molecule has 0 aliphatic carbocycles. The highest BCUT2D eigenvalue weighted by atomic mass is 16.4. The van der Waals surface area contributed by atoms with E-state index in [1.165, 1.54) is 0 Å². The summed E-state index contributed by atoms with van der Waals surface area (Å²) in [5.74, 6) is -0.238. The van der Waals surface area contributed by atoms with Gasteiger partial charge in [-0.15, -0.1) is 0 Å². The Bertz CT molecular complexity index is 466. The highest BCUT2D eigenvalue weighted by molar-refractivity contribution is 5.93. The number of oxime groups is 1. The molecule has 0 aliphatic heterocycles. The molecule has 0 fully saturated rings. The van der Waals surface area contributed by atoms with E-state index >= 15 is 0 Å². The van der Waals surface area contributed by atoms with Crippen molar-refractivity contribution in [1.29, 1.82) is 0 Å². The van der Waals surface area contributed by atoms with Crippen molar-refractivity contribution in [1.82, 2.24) is 0 Å². The third-order valence-electron chi connectivity index (χ3n) is 3.05. The number of carbonyl (C=O) groups is 1. The highest BCUT2D eigenvalue weighted by Gasteiger charge is 2.22. The highest BCUT2D eigenvalue weighted by Crippen LogP contribution is 2.20. The fourth-order valence-corrected chi connectivity index (χ4v) is 1.54. The zero-order valence-corrected chi connectivity index (χ0v) is 11.2. The first-order chi connectivity index (χ1) is 8.86. The number of rotatable bonds is 6. The number of nitrogens with zero attached hydrogens (tertiary/aromatic N) is 1. The summed E-state index contributed by atoms with van der Waals surface area (Å²) in [5, 5.41) is 14.9. The molecule has 19 heavy (non-hydrogen) atoms. The van der Waals surface area contributed by atoms with Crippen LogP contribution in [0.2, 0.25) is 0 Å². The number of primary amides is 1. The molecule has 0 radical (unpaired) electrons. The maximum atomic E-state index is 10.9. The molecule has 104 valence electrons. The van der Waals surface area contributed by atoms with Crippen LogP contribution in [0, 0.1) is 5.41 Å². The minimum atomic E-state index is -0.445. The van der Waals surface area contributed by atoms with Gasteiger partial charge in [-0.1, -0.05) is 19.0 Å². The van der Waals surface area contributed by atoms with Crippen LogP contribution in [-0.4, -0.2) is 23.5 Å². The molecular formula is C13H20N4O2. The monoisotopic (exact) mass is 264 g/mol. The van der Waals surface area contributed by atoms with Gasteiger partial charge < -0.3 is 22.0 Å². The summed E-state index contributed by atoms with van der Waals surface area (Å²) in [5.41, 5.74) is 11.7.